The minimum Gasteiger partial charge on any atom is -0.390 e. The van der Waals surface area contributed by atoms with Gasteiger partial charge in [-0.05, 0) is 42.2 Å². The molecule has 3 heterocycles. The fraction of sp³-hybridized carbons (Fsp3) is 0.333. The average molecular weight is 487 g/mol. The van der Waals surface area contributed by atoms with Gasteiger partial charge in [0.2, 0.25) is 0 Å². The van der Waals surface area contributed by atoms with Gasteiger partial charge in [-0.3, -0.25) is 14.5 Å². The number of carbonyl (C=O) groups excluding carboxylic acids is 2. The number of fused-ring (bicyclic) bond motifs is 1. The summed E-state index contributed by atoms with van der Waals surface area (Å²) in [5.74, 6) is 0.0267. The van der Waals surface area contributed by atoms with Gasteiger partial charge < -0.3 is 20.6 Å². The molecule has 0 bridgehead atoms. The van der Waals surface area contributed by atoms with Gasteiger partial charge in [0.15, 0.2) is 0 Å². The lowest BCUT2D eigenvalue weighted by Gasteiger charge is -2.43. The molecule has 2 atom stereocenters. The molecule has 1 aromatic heterocycles. The van der Waals surface area contributed by atoms with Crippen LogP contribution in [0, 0.1) is 0 Å². The number of hydrogen-bond donors (Lipinski definition) is 3. The molecule has 1 saturated heterocycles. The first-order valence-electron chi connectivity index (χ1n) is 12.2. The molecule has 36 heavy (non-hydrogen) atoms. The summed E-state index contributed by atoms with van der Waals surface area (Å²) in [6, 6.07) is 17.1. The van der Waals surface area contributed by atoms with Gasteiger partial charge in [0.05, 0.1) is 6.10 Å². The van der Waals surface area contributed by atoms with E-state index in [1.165, 1.54) is 17.5 Å². The molecule has 2 aliphatic heterocycles. The number of carbonyl (C=O) groups is 2. The topological polar surface area (TPSA) is 111 Å². The summed E-state index contributed by atoms with van der Waals surface area (Å²) in [6.07, 6.45) is 2.40. The predicted octanol–water partition coefficient (Wildman–Crippen LogP) is 2.21. The Hall–Kier alpha value is -3.82. The van der Waals surface area contributed by atoms with Crippen LogP contribution in [0.4, 0.5) is 11.5 Å². The van der Waals surface area contributed by atoms with Crippen LogP contribution in [0.1, 0.15) is 38.4 Å². The van der Waals surface area contributed by atoms with Crippen LogP contribution >= 0.6 is 0 Å². The van der Waals surface area contributed by atoms with E-state index in [2.05, 4.69) is 49.8 Å². The van der Waals surface area contributed by atoms with Gasteiger partial charge in [-0.2, -0.15) is 0 Å². The lowest BCUT2D eigenvalue weighted by Crippen LogP contribution is -2.56. The number of likely N-dealkylation sites (tertiary alicyclic amines) is 1. The third kappa shape index (κ3) is 5.07. The highest BCUT2D eigenvalue weighted by molar-refractivity contribution is 5.95. The number of amides is 2. The first-order chi connectivity index (χ1) is 17.5. The van der Waals surface area contributed by atoms with Crippen molar-refractivity contribution in [3.8, 4) is 0 Å². The number of piperidine rings is 1. The first-order valence-corrected chi connectivity index (χ1v) is 12.2. The summed E-state index contributed by atoms with van der Waals surface area (Å²) in [5.41, 5.74) is 4.14. The molecule has 1 fully saturated rings. The van der Waals surface area contributed by atoms with Gasteiger partial charge in [0, 0.05) is 56.6 Å². The van der Waals surface area contributed by atoms with Crippen LogP contribution in [0.5, 0.6) is 0 Å². The Labute approximate surface area is 210 Å². The second-order valence-electron chi connectivity index (χ2n) is 9.24. The maximum absolute atomic E-state index is 13.2. The Morgan fingerprint density at radius 1 is 1.03 bits per heavy atom. The maximum atomic E-state index is 13.2. The summed E-state index contributed by atoms with van der Waals surface area (Å²) >= 11 is 0. The van der Waals surface area contributed by atoms with Gasteiger partial charge in [-0.25, -0.2) is 9.97 Å². The number of aromatic nitrogens is 2. The molecule has 2 aromatic carbocycles. The zero-order valence-electron chi connectivity index (χ0n) is 20.2. The van der Waals surface area contributed by atoms with Gasteiger partial charge >= 0.3 is 0 Å². The molecule has 186 valence electrons. The molecule has 3 N–H and O–H groups in total. The molecule has 9 heteroatoms. The molecular formula is C27H30N6O3. The predicted molar refractivity (Wildman–Crippen MR) is 136 cm³/mol. The Bertz CT molecular complexity index is 1270. The third-order valence-corrected chi connectivity index (χ3v) is 6.97. The van der Waals surface area contributed by atoms with Crippen molar-refractivity contribution in [2.75, 3.05) is 32.0 Å². The van der Waals surface area contributed by atoms with E-state index in [1.807, 2.05) is 6.07 Å². The number of rotatable bonds is 5. The Morgan fingerprint density at radius 3 is 2.67 bits per heavy atom. The largest absolute Gasteiger partial charge is 0.390 e. The summed E-state index contributed by atoms with van der Waals surface area (Å²) in [6.45, 7) is 2.56. The average Bonchev–Trinajstić information content (AvgIpc) is 2.92. The Balaban J connectivity index is 1.23. The van der Waals surface area contributed by atoms with Crippen LogP contribution < -0.4 is 10.6 Å². The monoisotopic (exact) mass is 486 g/mol. The number of aliphatic hydroxyl groups is 1. The van der Waals surface area contributed by atoms with E-state index >= 15 is 0 Å². The van der Waals surface area contributed by atoms with Crippen LogP contribution in [0.15, 0.2) is 60.9 Å². The van der Waals surface area contributed by atoms with Gasteiger partial charge in [-0.15, -0.1) is 0 Å². The number of nitrogens with one attached hydrogen (secondary N) is 2. The quantitative estimate of drug-likeness (QED) is 0.507. The fourth-order valence-electron chi connectivity index (χ4n) is 5.07. The zero-order chi connectivity index (χ0) is 25.1. The minimum atomic E-state index is -0.625. The van der Waals surface area contributed by atoms with Crippen molar-refractivity contribution in [3.63, 3.8) is 0 Å². The molecule has 3 aromatic rings. The van der Waals surface area contributed by atoms with Crippen molar-refractivity contribution in [3.05, 3.63) is 83.3 Å². The number of benzene rings is 2. The third-order valence-electron chi connectivity index (χ3n) is 6.97. The van der Waals surface area contributed by atoms with Crippen molar-refractivity contribution in [2.24, 2.45) is 0 Å². The van der Waals surface area contributed by atoms with E-state index in [9.17, 15) is 14.7 Å². The maximum Gasteiger partial charge on any atom is 0.272 e. The summed E-state index contributed by atoms with van der Waals surface area (Å²) < 4.78 is 0. The highest BCUT2D eigenvalue weighted by atomic mass is 16.3. The fourth-order valence-corrected chi connectivity index (χ4v) is 5.07. The zero-order valence-corrected chi connectivity index (χ0v) is 20.2. The van der Waals surface area contributed by atoms with E-state index in [1.54, 1.807) is 36.2 Å². The van der Waals surface area contributed by atoms with Crippen LogP contribution in [0.2, 0.25) is 0 Å². The SMILES string of the molecule is CNC(=O)c1cccc(Nc2cc(C(=O)N3CC[C@H](N4CCc5ccccc5C4)[C@@H](O)C3)ncn2)c1. The van der Waals surface area contributed by atoms with Crippen LogP contribution in [-0.4, -0.2) is 75.5 Å². The highest BCUT2D eigenvalue weighted by Gasteiger charge is 2.35. The van der Waals surface area contributed by atoms with E-state index in [0.29, 0.717) is 30.0 Å². The summed E-state index contributed by atoms with van der Waals surface area (Å²) in [5, 5.41) is 16.7. The lowest BCUT2D eigenvalue weighted by molar-refractivity contribution is -0.0139. The van der Waals surface area contributed by atoms with Crippen LogP contribution in [0.25, 0.3) is 0 Å². The molecule has 2 aliphatic rings. The standard InChI is InChI=1S/C27H30N6O3/c1-28-26(35)19-7-4-8-21(13-19)31-25-14-22(29-17-30-25)27(36)33-12-10-23(24(34)16-33)32-11-9-18-5-2-3-6-20(18)15-32/h2-8,13-14,17,23-24,34H,9-12,15-16H2,1H3,(H,28,35)(H,29,30,31)/t23-,24-/m0/s1. The second-order valence-corrected chi connectivity index (χ2v) is 9.24. The summed E-state index contributed by atoms with van der Waals surface area (Å²) in [4.78, 5) is 37.5. The number of anilines is 2. The molecule has 9 nitrogen and oxygen atoms in total. The van der Waals surface area contributed by atoms with Crippen LogP contribution in [0.3, 0.4) is 0 Å². The van der Waals surface area contributed by atoms with Crippen molar-refractivity contribution in [1.29, 1.82) is 0 Å². The van der Waals surface area contributed by atoms with Crippen molar-refractivity contribution >= 4 is 23.3 Å². The van der Waals surface area contributed by atoms with Crippen molar-refractivity contribution < 1.29 is 14.7 Å². The Kier molecular flexibility index (Phi) is 6.92. The molecule has 5 rings (SSSR count). The van der Waals surface area contributed by atoms with E-state index < -0.39 is 6.10 Å². The molecule has 0 radical (unpaired) electrons. The van der Waals surface area contributed by atoms with Crippen molar-refractivity contribution in [2.45, 2.75) is 31.5 Å². The summed E-state index contributed by atoms with van der Waals surface area (Å²) in [7, 11) is 1.58. The molecule has 2 amide bonds. The minimum absolute atomic E-state index is 0.0256. The number of hydrogen-bond acceptors (Lipinski definition) is 7. The molecule has 0 spiro atoms. The van der Waals surface area contributed by atoms with Gasteiger partial charge in [0.25, 0.3) is 11.8 Å². The molecule has 0 unspecified atom stereocenters. The number of nitrogens with zero attached hydrogens (tertiary/aromatic N) is 4. The van der Waals surface area contributed by atoms with Crippen molar-refractivity contribution in [1.82, 2.24) is 25.1 Å². The number of β-amino-alcohol motifs (C(OH)–C–C–N with tert-alkyl or cyclic N) is 1. The molecule has 0 saturated carbocycles. The highest BCUT2D eigenvalue weighted by Crippen LogP contribution is 2.26. The number of aliphatic hydroxyl groups excluding tert-OH is 1. The smallest absolute Gasteiger partial charge is 0.272 e. The van der Waals surface area contributed by atoms with Gasteiger partial charge in [-0.1, -0.05) is 30.3 Å². The van der Waals surface area contributed by atoms with Gasteiger partial charge in [0.1, 0.15) is 17.8 Å². The first kappa shape index (κ1) is 23.9. The molecular weight excluding hydrogens is 456 g/mol. The Morgan fingerprint density at radius 2 is 1.86 bits per heavy atom. The second kappa shape index (κ2) is 10.4. The van der Waals surface area contributed by atoms with E-state index in [4.69, 9.17) is 0 Å². The molecule has 0 aliphatic carbocycles. The lowest BCUT2D eigenvalue weighted by atomic mass is 9.94. The van der Waals surface area contributed by atoms with E-state index in [0.717, 1.165) is 19.5 Å². The van der Waals surface area contributed by atoms with Crippen LogP contribution in [-0.2, 0) is 13.0 Å². The normalized spacial score (nSPS) is 19.9. The van der Waals surface area contributed by atoms with E-state index in [-0.39, 0.29) is 30.1 Å².